The van der Waals surface area contributed by atoms with Crippen LogP contribution in [-0.2, 0) is 9.53 Å². The number of hydrogen-bond donors (Lipinski definition) is 0. The van der Waals surface area contributed by atoms with Crippen molar-refractivity contribution in [1.82, 2.24) is 9.80 Å². The van der Waals surface area contributed by atoms with Gasteiger partial charge in [0, 0.05) is 32.6 Å². The van der Waals surface area contributed by atoms with Crippen molar-refractivity contribution in [3.63, 3.8) is 0 Å². The van der Waals surface area contributed by atoms with Crippen LogP contribution in [-0.4, -0.2) is 60.0 Å². The molecule has 0 saturated carbocycles. The molecule has 2 atom stereocenters. The van der Waals surface area contributed by atoms with Crippen LogP contribution in [0.1, 0.15) is 44.0 Å². The second-order valence-electron chi connectivity index (χ2n) is 6.11. The van der Waals surface area contributed by atoms with Crippen molar-refractivity contribution in [2.45, 2.75) is 45.8 Å². The molecule has 1 saturated heterocycles. The summed E-state index contributed by atoms with van der Waals surface area (Å²) in [6, 6.07) is 1.65. The van der Waals surface area contributed by atoms with E-state index in [0.717, 1.165) is 6.42 Å². The zero-order chi connectivity index (χ0) is 16.8. The summed E-state index contributed by atoms with van der Waals surface area (Å²) in [6.07, 6.45) is 4.23. The second kappa shape index (κ2) is 8.15. The lowest BCUT2D eigenvalue weighted by molar-refractivity contribution is -0.143. The highest BCUT2D eigenvalue weighted by molar-refractivity contribution is 5.94. The smallest absolute Gasteiger partial charge is 0.257 e. The molecule has 1 aromatic heterocycles. The minimum absolute atomic E-state index is 0.0574. The first-order valence-electron chi connectivity index (χ1n) is 8.26. The largest absolute Gasteiger partial charge is 0.472 e. The molecular formula is C17H26N2O4. The van der Waals surface area contributed by atoms with Crippen LogP contribution in [0.5, 0.6) is 0 Å². The van der Waals surface area contributed by atoms with E-state index in [-0.39, 0.29) is 24.0 Å². The summed E-state index contributed by atoms with van der Waals surface area (Å²) < 4.78 is 10.6. The van der Waals surface area contributed by atoms with Gasteiger partial charge in [0.25, 0.3) is 5.91 Å². The average Bonchev–Trinajstić information content (AvgIpc) is 3.03. The fraction of sp³-hybridized carbons (Fsp3) is 0.647. The first kappa shape index (κ1) is 17.5. The van der Waals surface area contributed by atoms with Crippen LogP contribution < -0.4 is 0 Å². The van der Waals surface area contributed by atoms with Gasteiger partial charge in [-0.25, -0.2) is 0 Å². The SMILES string of the molecule is CCCN(CCC(=O)N1CC(C)OC(C)C1)C(=O)c1ccoc1. The van der Waals surface area contributed by atoms with E-state index >= 15 is 0 Å². The van der Waals surface area contributed by atoms with Crippen molar-refractivity contribution < 1.29 is 18.7 Å². The van der Waals surface area contributed by atoms with Crippen molar-refractivity contribution in [3.8, 4) is 0 Å². The summed E-state index contributed by atoms with van der Waals surface area (Å²) in [5, 5.41) is 0. The topological polar surface area (TPSA) is 63.0 Å². The molecule has 2 rings (SSSR count). The Labute approximate surface area is 137 Å². The molecule has 0 radical (unpaired) electrons. The molecule has 1 aromatic rings. The third-order valence-electron chi connectivity index (χ3n) is 3.92. The summed E-state index contributed by atoms with van der Waals surface area (Å²) in [6.45, 7) is 8.26. The van der Waals surface area contributed by atoms with Gasteiger partial charge in [-0.1, -0.05) is 6.92 Å². The highest BCUT2D eigenvalue weighted by Gasteiger charge is 2.26. The zero-order valence-electron chi connectivity index (χ0n) is 14.2. The normalized spacial score (nSPS) is 21.3. The van der Waals surface area contributed by atoms with Gasteiger partial charge in [0.2, 0.25) is 5.91 Å². The Balaban J connectivity index is 1.90. The maximum Gasteiger partial charge on any atom is 0.257 e. The van der Waals surface area contributed by atoms with Crippen LogP contribution in [0.4, 0.5) is 0 Å². The molecule has 2 heterocycles. The maximum absolute atomic E-state index is 12.4. The summed E-state index contributed by atoms with van der Waals surface area (Å²) in [4.78, 5) is 28.4. The number of carbonyl (C=O) groups excluding carboxylic acids is 2. The molecule has 1 aliphatic heterocycles. The maximum atomic E-state index is 12.4. The van der Waals surface area contributed by atoms with Crippen LogP contribution >= 0.6 is 0 Å². The molecular weight excluding hydrogens is 296 g/mol. The fourth-order valence-corrected chi connectivity index (χ4v) is 2.92. The molecule has 6 nitrogen and oxygen atoms in total. The molecule has 0 spiro atoms. The van der Waals surface area contributed by atoms with Crippen molar-refractivity contribution in [1.29, 1.82) is 0 Å². The predicted octanol–water partition coefficient (Wildman–Crippen LogP) is 2.16. The van der Waals surface area contributed by atoms with Crippen molar-refractivity contribution >= 4 is 11.8 Å². The Bertz CT molecular complexity index is 505. The van der Waals surface area contributed by atoms with Crippen molar-refractivity contribution in [2.24, 2.45) is 0 Å². The van der Waals surface area contributed by atoms with Crippen LogP contribution in [0.2, 0.25) is 0 Å². The summed E-state index contributed by atoms with van der Waals surface area (Å²) >= 11 is 0. The standard InChI is InChI=1S/C17H26N2O4/c1-4-7-18(17(21)15-6-9-22-12-15)8-5-16(20)19-10-13(2)23-14(3)11-19/h6,9,12-14H,4-5,7-8,10-11H2,1-3H3. The van der Waals surface area contributed by atoms with E-state index in [1.807, 2.05) is 25.7 Å². The number of amides is 2. The molecule has 2 amide bonds. The van der Waals surface area contributed by atoms with Gasteiger partial charge >= 0.3 is 0 Å². The molecule has 1 aliphatic rings. The monoisotopic (exact) mass is 322 g/mol. The van der Waals surface area contributed by atoms with Gasteiger partial charge in [-0.3, -0.25) is 9.59 Å². The van der Waals surface area contributed by atoms with Crippen molar-refractivity contribution in [2.75, 3.05) is 26.2 Å². The number of rotatable bonds is 6. The minimum atomic E-state index is -0.0860. The van der Waals surface area contributed by atoms with E-state index in [9.17, 15) is 9.59 Å². The molecule has 2 unspecified atom stereocenters. The van der Waals surface area contributed by atoms with Gasteiger partial charge in [-0.05, 0) is 26.3 Å². The number of hydrogen-bond acceptors (Lipinski definition) is 4. The van der Waals surface area contributed by atoms with Gasteiger partial charge in [-0.15, -0.1) is 0 Å². The molecule has 0 N–H and O–H groups in total. The number of morpholine rings is 1. The Kier molecular flexibility index (Phi) is 6.21. The fourth-order valence-electron chi connectivity index (χ4n) is 2.92. The molecule has 128 valence electrons. The van der Waals surface area contributed by atoms with E-state index in [4.69, 9.17) is 9.15 Å². The average molecular weight is 322 g/mol. The van der Waals surface area contributed by atoms with E-state index in [0.29, 0.717) is 38.2 Å². The molecule has 1 fully saturated rings. The van der Waals surface area contributed by atoms with E-state index in [2.05, 4.69) is 0 Å². The van der Waals surface area contributed by atoms with Crippen LogP contribution in [0.25, 0.3) is 0 Å². The minimum Gasteiger partial charge on any atom is -0.472 e. The Morgan fingerprint density at radius 2 is 1.96 bits per heavy atom. The Hall–Kier alpha value is -1.82. The second-order valence-corrected chi connectivity index (χ2v) is 6.11. The van der Waals surface area contributed by atoms with Crippen LogP contribution in [0.15, 0.2) is 23.0 Å². The lowest BCUT2D eigenvalue weighted by Gasteiger charge is -2.35. The summed E-state index contributed by atoms with van der Waals surface area (Å²) in [5.74, 6) is -0.00906. The van der Waals surface area contributed by atoms with Gasteiger partial charge in [0.05, 0.1) is 24.0 Å². The number of nitrogens with zero attached hydrogens (tertiary/aromatic N) is 2. The third kappa shape index (κ3) is 4.82. The van der Waals surface area contributed by atoms with Gasteiger partial charge in [0.1, 0.15) is 6.26 Å². The Morgan fingerprint density at radius 3 is 2.52 bits per heavy atom. The quantitative estimate of drug-likeness (QED) is 0.805. The lowest BCUT2D eigenvalue weighted by Crippen LogP contribution is -2.49. The summed E-state index contributed by atoms with van der Waals surface area (Å²) in [7, 11) is 0. The number of furan rings is 1. The van der Waals surface area contributed by atoms with Gasteiger partial charge < -0.3 is 19.0 Å². The third-order valence-corrected chi connectivity index (χ3v) is 3.92. The predicted molar refractivity (Wildman–Crippen MR) is 86.1 cm³/mol. The molecule has 0 aromatic carbocycles. The van der Waals surface area contributed by atoms with Gasteiger partial charge in [-0.2, -0.15) is 0 Å². The lowest BCUT2D eigenvalue weighted by atomic mass is 10.2. The highest BCUT2D eigenvalue weighted by atomic mass is 16.5. The van der Waals surface area contributed by atoms with E-state index < -0.39 is 0 Å². The number of carbonyl (C=O) groups is 2. The van der Waals surface area contributed by atoms with E-state index in [1.165, 1.54) is 12.5 Å². The highest BCUT2D eigenvalue weighted by Crippen LogP contribution is 2.13. The summed E-state index contributed by atoms with van der Waals surface area (Å²) in [5.41, 5.74) is 0.527. The molecule has 0 bridgehead atoms. The van der Waals surface area contributed by atoms with E-state index in [1.54, 1.807) is 11.0 Å². The van der Waals surface area contributed by atoms with Crippen LogP contribution in [0.3, 0.4) is 0 Å². The Morgan fingerprint density at radius 1 is 1.26 bits per heavy atom. The van der Waals surface area contributed by atoms with Gasteiger partial charge in [0.15, 0.2) is 0 Å². The number of ether oxygens (including phenoxy) is 1. The molecule has 23 heavy (non-hydrogen) atoms. The first-order valence-corrected chi connectivity index (χ1v) is 8.26. The zero-order valence-corrected chi connectivity index (χ0v) is 14.2. The first-order chi connectivity index (χ1) is 11.0. The molecule has 0 aliphatic carbocycles. The van der Waals surface area contributed by atoms with Crippen LogP contribution in [0, 0.1) is 0 Å². The van der Waals surface area contributed by atoms with Crippen molar-refractivity contribution in [3.05, 3.63) is 24.2 Å². The molecule has 6 heteroatoms.